The SMILES string of the molecule is CC.CC.CC(C)(C)C(C)(C)N1CCCC1. The summed E-state index contributed by atoms with van der Waals surface area (Å²) in [6.07, 6.45) is 2.78. The molecule has 0 aromatic carbocycles. The van der Waals surface area contributed by atoms with Crippen LogP contribution in [0.25, 0.3) is 0 Å². The van der Waals surface area contributed by atoms with E-state index in [1.165, 1.54) is 25.9 Å². The van der Waals surface area contributed by atoms with Crippen molar-refractivity contribution in [2.45, 2.75) is 80.7 Å². The molecule has 1 heterocycles. The Morgan fingerprint density at radius 3 is 1.25 bits per heavy atom. The van der Waals surface area contributed by atoms with Crippen LogP contribution in [0.3, 0.4) is 0 Å². The normalized spacial score (nSPS) is 17.1. The first-order valence-electron chi connectivity index (χ1n) is 7.11. The van der Waals surface area contributed by atoms with Gasteiger partial charge in [-0.05, 0) is 45.2 Å². The van der Waals surface area contributed by atoms with Crippen molar-refractivity contribution < 1.29 is 0 Å². The Morgan fingerprint density at radius 1 is 0.688 bits per heavy atom. The Balaban J connectivity index is 0. The molecule has 0 unspecified atom stereocenters. The maximum atomic E-state index is 2.63. The van der Waals surface area contributed by atoms with Crippen molar-refractivity contribution in [3.63, 3.8) is 0 Å². The summed E-state index contributed by atoms with van der Waals surface area (Å²) in [5, 5.41) is 0. The lowest BCUT2D eigenvalue weighted by Crippen LogP contribution is -2.51. The quantitative estimate of drug-likeness (QED) is 0.614. The monoisotopic (exact) mass is 229 g/mol. The molecule has 0 aliphatic carbocycles. The highest BCUT2D eigenvalue weighted by atomic mass is 15.2. The van der Waals surface area contributed by atoms with Crippen LogP contribution in [0, 0.1) is 5.41 Å². The minimum absolute atomic E-state index is 0.351. The fourth-order valence-corrected chi connectivity index (χ4v) is 1.75. The number of nitrogens with zero attached hydrogens (tertiary/aromatic N) is 1. The molecule has 1 heteroatoms. The summed E-state index contributed by atoms with van der Waals surface area (Å²) in [5.74, 6) is 0. The molecule has 0 atom stereocenters. The van der Waals surface area contributed by atoms with Crippen molar-refractivity contribution in [3.8, 4) is 0 Å². The van der Waals surface area contributed by atoms with Crippen molar-refractivity contribution in [3.05, 3.63) is 0 Å². The third-order valence-corrected chi connectivity index (χ3v) is 3.73. The smallest absolute Gasteiger partial charge is 0.0201 e. The second kappa shape index (κ2) is 8.11. The second-order valence-corrected chi connectivity index (χ2v) is 5.50. The molecule has 1 nitrogen and oxygen atoms in total. The van der Waals surface area contributed by atoms with Crippen LogP contribution < -0.4 is 0 Å². The molecule has 1 rings (SSSR count). The number of hydrogen-bond donors (Lipinski definition) is 0. The summed E-state index contributed by atoms with van der Waals surface area (Å²) < 4.78 is 0. The molecule has 1 aliphatic heterocycles. The van der Waals surface area contributed by atoms with E-state index in [1.54, 1.807) is 0 Å². The van der Waals surface area contributed by atoms with Crippen molar-refractivity contribution in [1.82, 2.24) is 4.90 Å². The molecule has 0 aromatic rings. The van der Waals surface area contributed by atoms with Gasteiger partial charge in [0.25, 0.3) is 0 Å². The van der Waals surface area contributed by atoms with Gasteiger partial charge >= 0.3 is 0 Å². The Hall–Kier alpha value is -0.0400. The van der Waals surface area contributed by atoms with Gasteiger partial charge in [-0.1, -0.05) is 48.5 Å². The van der Waals surface area contributed by atoms with Crippen LogP contribution in [-0.2, 0) is 0 Å². The zero-order chi connectivity index (χ0) is 13.4. The molecular formula is C15H35N. The largest absolute Gasteiger partial charge is 0.298 e. The first-order chi connectivity index (χ1) is 7.36. The lowest BCUT2D eigenvalue weighted by atomic mass is 9.75. The summed E-state index contributed by atoms with van der Waals surface area (Å²) in [4.78, 5) is 2.63. The van der Waals surface area contributed by atoms with Crippen LogP contribution in [0.1, 0.15) is 75.2 Å². The predicted molar refractivity (Wildman–Crippen MR) is 77.0 cm³/mol. The van der Waals surface area contributed by atoms with E-state index < -0.39 is 0 Å². The van der Waals surface area contributed by atoms with Gasteiger partial charge in [-0.25, -0.2) is 0 Å². The highest BCUT2D eigenvalue weighted by molar-refractivity contribution is 4.93. The van der Waals surface area contributed by atoms with Crippen molar-refractivity contribution in [1.29, 1.82) is 0 Å². The zero-order valence-electron chi connectivity index (χ0n) is 13.3. The van der Waals surface area contributed by atoms with Crippen LogP contribution in [0.4, 0.5) is 0 Å². The molecule has 0 spiro atoms. The van der Waals surface area contributed by atoms with E-state index in [4.69, 9.17) is 0 Å². The number of hydrogen-bond acceptors (Lipinski definition) is 1. The third kappa shape index (κ3) is 4.86. The Bertz CT molecular complexity index is 147. The van der Waals surface area contributed by atoms with Gasteiger partial charge < -0.3 is 0 Å². The fourth-order valence-electron chi connectivity index (χ4n) is 1.75. The Labute approximate surface area is 105 Å². The summed E-state index contributed by atoms with van der Waals surface area (Å²) in [7, 11) is 0. The number of rotatable bonds is 1. The predicted octanol–water partition coefficient (Wildman–Crippen LogP) is 4.96. The highest BCUT2D eigenvalue weighted by Gasteiger charge is 2.38. The van der Waals surface area contributed by atoms with E-state index in [-0.39, 0.29) is 0 Å². The molecule has 0 saturated carbocycles. The van der Waals surface area contributed by atoms with Gasteiger partial charge in [-0.3, -0.25) is 4.90 Å². The molecule has 0 radical (unpaired) electrons. The minimum atomic E-state index is 0.351. The Kier molecular flexibility index (Phi) is 9.29. The van der Waals surface area contributed by atoms with E-state index in [2.05, 4.69) is 39.5 Å². The molecule has 0 N–H and O–H groups in total. The average Bonchev–Trinajstić information content (AvgIpc) is 2.75. The summed E-state index contributed by atoms with van der Waals surface area (Å²) >= 11 is 0. The fraction of sp³-hybridized carbons (Fsp3) is 1.00. The Morgan fingerprint density at radius 2 is 1.00 bits per heavy atom. The van der Waals surface area contributed by atoms with E-state index in [0.717, 1.165) is 0 Å². The average molecular weight is 229 g/mol. The first-order valence-corrected chi connectivity index (χ1v) is 7.11. The molecule has 0 bridgehead atoms. The first kappa shape index (κ1) is 18.3. The van der Waals surface area contributed by atoms with Crippen LogP contribution in [0.15, 0.2) is 0 Å². The van der Waals surface area contributed by atoms with Crippen LogP contribution >= 0.6 is 0 Å². The van der Waals surface area contributed by atoms with E-state index in [0.29, 0.717) is 11.0 Å². The molecule has 1 aliphatic rings. The molecule has 1 fully saturated rings. The number of likely N-dealkylation sites (tertiary alicyclic amines) is 1. The van der Waals surface area contributed by atoms with E-state index in [9.17, 15) is 0 Å². The lowest BCUT2D eigenvalue weighted by molar-refractivity contribution is 0.0417. The van der Waals surface area contributed by atoms with Gasteiger partial charge in [0.2, 0.25) is 0 Å². The van der Waals surface area contributed by atoms with Crippen molar-refractivity contribution >= 4 is 0 Å². The highest BCUT2D eigenvalue weighted by Crippen LogP contribution is 2.36. The molecule has 1 saturated heterocycles. The van der Waals surface area contributed by atoms with E-state index in [1.807, 2.05) is 27.7 Å². The minimum Gasteiger partial charge on any atom is -0.298 e. The van der Waals surface area contributed by atoms with Gasteiger partial charge in [0.05, 0.1) is 0 Å². The maximum Gasteiger partial charge on any atom is 0.0201 e. The molecule has 100 valence electrons. The molecule has 16 heavy (non-hydrogen) atoms. The summed E-state index contributed by atoms with van der Waals surface area (Å²) in [6, 6.07) is 0. The van der Waals surface area contributed by atoms with Crippen LogP contribution in [-0.4, -0.2) is 23.5 Å². The van der Waals surface area contributed by atoms with Gasteiger partial charge in [-0.15, -0.1) is 0 Å². The summed E-state index contributed by atoms with van der Waals surface area (Å²) in [5.41, 5.74) is 0.737. The molecular weight excluding hydrogens is 194 g/mol. The zero-order valence-corrected chi connectivity index (χ0v) is 13.3. The van der Waals surface area contributed by atoms with E-state index >= 15 is 0 Å². The van der Waals surface area contributed by atoms with Gasteiger partial charge in [0.15, 0.2) is 0 Å². The standard InChI is InChI=1S/C11H23N.2C2H6/c1-10(2,3)11(4,5)12-8-6-7-9-12;2*1-2/h6-9H2,1-5H3;2*1-2H3. The van der Waals surface area contributed by atoms with Crippen LogP contribution in [0.5, 0.6) is 0 Å². The summed E-state index contributed by atoms with van der Waals surface area (Å²) in [6.45, 7) is 22.4. The van der Waals surface area contributed by atoms with Gasteiger partial charge in [0.1, 0.15) is 0 Å². The van der Waals surface area contributed by atoms with Crippen LogP contribution in [0.2, 0.25) is 0 Å². The molecule has 0 amide bonds. The molecule has 0 aromatic heterocycles. The topological polar surface area (TPSA) is 3.24 Å². The van der Waals surface area contributed by atoms with Crippen molar-refractivity contribution in [2.24, 2.45) is 5.41 Å². The maximum absolute atomic E-state index is 2.63. The van der Waals surface area contributed by atoms with Crippen molar-refractivity contribution in [2.75, 3.05) is 13.1 Å². The lowest BCUT2D eigenvalue weighted by Gasteiger charge is -2.46. The second-order valence-electron chi connectivity index (χ2n) is 5.50. The third-order valence-electron chi connectivity index (χ3n) is 3.73. The van der Waals surface area contributed by atoms with Gasteiger partial charge in [-0.2, -0.15) is 0 Å². The van der Waals surface area contributed by atoms with Gasteiger partial charge in [0, 0.05) is 5.54 Å².